The number of pyridine rings is 1. The van der Waals surface area contributed by atoms with Crippen molar-refractivity contribution in [1.82, 2.24) is 15.2 Å². The van der Waals surface area contributed by atoms with E-state index in [1.165, 1.54) is 12.3 Å². The summed E-state index contributed by atoms with van der Waals surface area (Å²) >= 11 is 6.46. The summed E-state index contributed by atoms with van der Waals surface area (Å²) < 4.78 is 15.6. The third kappa shape index (κ3) is 4.18. The first-order valence-electron chi connectivity index (χ1n) is 9.96. The van der Waals surface area contributed by atoms with Gasteiger partial charge in [0.05, 0.1) is 22.1 Å². The number of aromatic amines is 1. The Morgan fingerprint density at radius 1 is 1.12 bits per heavy atom. The van der Waals surface area contributed by atoms with E-state index in [1.54, 1.807) is 36.7 Å². The van der Waals surface area contributed by atoms with Gasteiger partial charge in [-0.1, -0.05) is 42.8 Å². The molecule has 0 unspecified atom stereocenters. The molecule has 0 aliphatic carbocycles. The zero-order chi connectivity index (χ0) is 22.7. The van der Waals surface area contributed by atoms with E-state index in [4.69, 9.17) is 16.7 Å². The number of hydrogen-bond acceptors (Lipinski definition) is 3. The number of aliphatic carboxylic acids is 1. The number of rotatable bonds is 6. The number of aromatic nitrogens is 3. The van der Waals surface area contributed by atoms with Crippen LogP contribution in [0.2, 0.25) is 5.02 Å². The second-order valence-electron chi connectivity index (χ2n) is 7.11. The molecule has 7 heteroatoms. The van der Waals surface area contributed by atoms with Crippen molar-refractivity contribution in [1.29, 1.82) is 0 Å². The van der Waals surface area contributed by atoms with E-state index in [9.17, 15) is 4.79 Å². The number of carboxylic acids is 1. The van der Waals surface area contributed by atoms with Crippen LogP contribution in [0.4, 0.5) is 4.39 Å². The molecule has 160 valence electrons. The molecule has 32 heavy (non-hydrogen) atoms. The fraction of sp³-hybridized carbons (Fsp3) is 0.0800. The molecule has 2 heterocycles. The van der Waals surface area contributed by atoms with Gasteiger partial charge in [0, 0.05) is 24.0 Å². The molecule has 0 aliphatic heterocycles. The monoisotopic (exact) mass is 447 g/mol. The van der Waals surface area contributed by atoms with Gasteiger partial charge in [0.25, 0.3) is 0 Å². The van der Waals surface area contributed by atoms with Crippen molar-refractivity contribution in [2.24, 2.45) is 0 Å². The van der Waals surface area contributed by atoms with E-state index >= 15 is 4.39 Å². The maximum absolute atomic E-state index is 15.6. The lowest BCUT2D eigenvalue weighted by Gasteiger charge is -2.18. The number of fused-ring (bicyclic) bond motifs is 1. The summed E-state index contributed by atoms with van der Waals surface area (Å²) in [4.78, 5) is 14.9. The summed E-state index contributed by atoms with van der Waals surface area (Å²) in [7, 11) is 0. The number of allylic oxidation sites excluding steroid dienone is 1. The van der Waals surface area contributed by atoms with Gasteiger partial charge >= 0.3 is 5.97 Å². The lowest BCUT2D eigenvalue weighted by atomic mass is 9.87. The Hall–Kier alpha value is -3.77. The highest BCUT2D eigenvalue weighted by atomic mass is 35.5. The van der Waals surface area contributed by atoms with Gasteiger partial charge in [0.1, 0.15) is 5.82 Å². The predicted octanol–water partition coefficient (Wildman–Crippen LogP) is 6.22. The predicted molar refractivity (Wildman–Crippen MR) is 125 cm³/mol. The molecule has 0 atom stereocenters. The Morgan fingerprint density at radius 3 is 2.59 bits per heavy atom. The van der Waals surface area contributed by atoms with Crippen LogP contribution in [-0.2, 0) is 4.79 Å². The van der Waals surface area contributed by atoms with Gasteiger partial charge in [-0.15, -0.1) is 0 Å². The molecule has 4 rings (SSSR count). The Bertz CT molecular complexity index is 1360. The molecule has 0 fully saturated rings. The van der Waals surface area contributed by atoms with Gasteiger partial charge in [-0.25, -0.2) is 9.18 Å². The molecule has 2 N–H and O–H groups in total. The molecule has 0 aliphatic rings. The standard InChI is InChI=1S/C25H19ClFN3O2/c1-2-17(18-11-12-28-14-21(18)26)24(16-6-3-15(4-7-16)5-10-23(31)32)19-8-9-22-20(25(19)27)13-29-30-22/h3-14H,2H2,1H3,(H,29,30)(H,31,32)/b10-5+,24-17+. The van der Waals surface area contributed by atoms with E-state index in [0.29, 0.717) is 33.5 Å². The van der Waals surface area contributed by atoms with Crippen LogP contribution in [0.1, 0.15) is 35.6 Å². The van der Waals surface area contributed by atoms with Gasteiger partial charge in [-0.2, -0.15) is 5.10 Å². The second-order valence-corrected chi connectivity index (χ2v) is 7.52. The highest BCUT2D eigenvalue weighted by Gasteiger charge is 2.20. The molecule has 4 aromatic rings. The number of benzene rings is 2. The van der Waals surface area contributed by atoms with Crippen LogP contribution in [0.3, 0.4) is 0 Å². The molecule has 5 nitrogen and oxygen atoms in total. The number of hydrogen-bond donors (Lipinski definition) is 2. The van der Waals surface area contributed by atoms with Crippen molar-refractivity contribution in [2.45, 2.75) is 13.3 Å². The van der Waals surface area contributed by atoms with Crippen molar-refractivity contribution in [2.75, 3.05) is 0 Å². The average molecular weight is 448 g/mol. The summed E-state index contributed by atoms with van der Waals surface area (Å²) in [5, 5.41) is 16.5. The summed E-state index contributed by atoms with van der Waals surface area (Å²) in [6.07, 6.45) is 7.88. The maximum Gasteiger partial charge on any atom is 0.328 e. The van der Waals surface area contributed by atoms with Crippen LogP contribution in [0.5, 0.6) is 0 Å². The summed E-state index contributed by atoms with van der Waals surface area (Å²) in [5.74, 6) is -1.40. The maximum atomic E-state index is 15.6. The smallest absolute Gasteiger partial charge is 0.328 e. The number of carbonyl (C=O) groups is 1. The molecule has 0 bridgehead atoms. The summed E-state index contributed by atoms with van der Waals surface area (Å²) in [6.45, 7) is 1.99. The number of nitrogens with one attached hydrogen (secondary N) is 1. The van der Waals surface area contributed by atoms with Crippen molar-refractivity contribution in [3.63, 3.8) is 0 Å². The van der Waals surface area contributed by atoms with E-state index in [1.807, 2.05) is 25.1 Å². The third-order valence-electron chi connectivity index (χ3n) is 5.20. The first-order valence-corrected chi connectivity index (χ1v) is 10.3. The number of H-pyrrole nitrogens is 1. The van der Waals surface area contributed by atoms with E-state index < -0.39 is 5.97 Å². The lowest BCUT2D eigenvalue weighted by Crippen LogP contribution is -1.99. The molecule has 0 saturated heterocycles. The molecule has 0 radical (unpaired) electrons. The molecular weight excluding hydrogens is 429 g/mol. The first-order chi connectivity index (χ1) is 15.5. The van der Waals surface area contributed by atoms with E-state index in [2.05, 4.69) is 15.2 Å². The van der Waals surface area contributed by atoms with Crippen LogP contribution in [0.25, 0.3) is 28.1 Å². The van der Waals surface area contributed by atoms with Gasteiger partial charge < -0.3 is 5.11 Å². The van der Waals surface area contributed by atoms with Crippen LogP contribution in [0.15, 0.2) is 67.1 Å². The highest BCUT2D eigenvalue weighted by Crippen LogP contribution is 2.39. The SMILES string of the molecule is CC/C(=C(/c1ccc(/C=C/C(=O)O)cc1)c1ccc2[nH]ncc2c1F)c1ccncc1Cl. The fourth-order valence-electron chi connectivity index (χ4n) is 3.72. The van der Waals surface area contributed by atoms with Crippen LogP contribution < -0.4 is 0 Å². The minimum absolute atomic E-state index is 0.378. The molecule has 0 saturated carbocycles. The first kappa shape index (κ1) is 21.5. The van der Waals surface area contributed by atoms with Crippen LogP contribution >= 0.6 is 11.6 Å². The van der Waals surface area contributed by atoms with Crippen LogP contribution in [0, 0.1) is 5.82 Å². The van der Waals surface area contributed by atoms with Crippen molar-refractivity contribution >= 4 is 45.7 Å². The minimum Gasteiger partial charge on any atom is -0.478 e. The van der Waals surface area contributed by atoms with Crippen molar-refractivity contribution < 1.29 is 14.3 Å². The summed E-state index contributed by atoms with van der Waals surface area (Å²) in [6, 6.07) is 12.6. The Labute approximate surface area is 188 Å². The topological polar surface area (TPSA) is 78.9 Å². The lowest BCUT2D eigenvalue weighted by molar-refractivity contribution is -0.131. The average Bonchev–Trinajstić information content (AvgIpc) is 3.28. The van der Waals surface area contributed by atoms with Gasteiger partial charge in [-0.3, -0.25) is 10.1 Å². The quantitative estimate of drug-likeness (QED) is 0.344. The normalized spacial score (nSPS) is 12.3. The Morgan fingerprint density at radius 2 is 1.91 bits per heavy atom. The molecule has 2 aromatic heterocycles. The fourth-order valence-corrected chi connectivity index (χ4v) is 3.95. The van der Waals surface area contributed by atoms with Crippen molar-refractivity contribution in [3.8, 4) is 0 Å². The minimum atomic E-state index is -1.02. The van der Waals surface area contributed by atoms with E-state index in [-0.39, 0.29) is 5.82 Å². The second kappa shape index (κ2) is 9.16. The Kier molecular flexibility index (Phi) is 6.14. The number of nitrogens with zero attached hydrogens (tertiary/aromatic N) is 2. The zero-order valence-corrected chi connectivity index (χ0v) is 17.9. The number of carboxylic acid groups (broad SMARTS) is 1. The van der Waals surface area contributed by atoms with Gasteiger partial charge in [0.2, 0.25) is 0 Å². The van der Waals surface area contributed by atoms with Crippen LogP contribution in [-0.4, -0.2) is 26.3 Å². The highest BCUT2D eigenvalue weighted by molar-refractivity contribution is 6.32. The largest absolute Gasteiger partial charge is 0.478 e. The summed E-state index contributed by atoms with van der Waals surface area (Å²) in [5.41, 5.74) is 4.89. The zero-order valence-electron chi connectivity index (χ0n) is 17.1. The number of halogens is 2. The molecule has 2 aromatic carbocycles. The van der Waals surface area contributed by atoms with E-state index in [0.717, 1.165) is 28.3 Å². The molecule has 0 amide bonds. The third-order valence-corrected chi connectivity index (χ3v) is 5.50. The molecule has 0 spiro atoms. The van der Waals surface area contributed by atoms with Crippen molar-refractivity contribution in [3.05, 3.63) is 100 Å². The Balaban J connectivity index is 1.97. The molecular formula is C25H19ClFN3O2. The van der Waals surface area contributed by atoms with Gasteiger partial charge in [0.15, 0.2) is 0 Å². The van der Waals surface area contributed by atoms with Gasteiger partial charge in [-0.05, 0) is 58.5 Å².